The van der Waals surface area contributed by atoms with E-state index in [1.54, 1.807) is 23.7 Å². The number of nitrogens with one attached hydrogen (secondary N) is 1. The van der Waals surface area contributed by atoms with Gasteiger partial charge in [-0.2, -0.15) is 0 Å². The Morgan fingerprint density at radius 3 is 2.61 bits per heavy atom. The van der Waals surface area contributed by atoms with Crippen LogP contribution in [0.1, 0.15) is 10.5 Å². The second-order valence-corrected chi connectivity index (χ2v) is 3.50. The van der Waals surface area contributed by atoms with Gasteiger partial charge in [0.15, 0.2) is 11.5 Å². The Morgan fingerprint density at radius 1 is 1.22 bits per heavy atom. The zero-order valence-electron chi connectivity index (χ0n) is 9.93. The zero-order valence-corrected chi connectivity index (χ0v) is 9.93. The molecule has 94 valence electrons. The van der Waals surface area contributed by atoms with Crippen molar-refractivity contribution < 1.29 is 19.5 Å². The smallest absolute Gasteiger partial charge is 0.293 e. The summed E-state index contributed by atoms with van der Waals surface area (Å²) in [7, 11) is 3.05. The number of fused-ring (bicyclic) bond motifs is 1. The number of ether oxygens (including phenoxy) is 2. The number of hydroxylamine groups is 1. The number of pyridine rings is 1. The third-order valence-electron chi connectivity index (χ3n) is 2.60. The maximum atomic E-state index is 11.5. The number of methoxy groups -OCH3 is 2. The van der Waals surface area contributed by atoms with Gasteiger partial charge in [0.1, 0.15) is 5.69 Å². The Hall–Kier alpha value is -2.34. The van der Waals surface area contributed by atoms with E-state index < -0.39 is 5.91 Å². The van der Waals surface area contributed by atoms with Crippen molar-refractivity contribution in [1.82, 2.24) is 10.5 Å². The van der Waals surface area contributed by atoms with Crippen molar-refractivity contribution >= 4 is 16.7 Å². The predicted octanol–water partition coefficient (Wildman–Crippen LogP) is 1.37. The summed E-state index contributed by atoms with van der Waals surface area (Å²) in [5.74, 6) is 0.406. The van der Waals surface area contributed by atoms with Crippen LogP contribution >= 0.6 is 0 Å². The molecule has 0 aliphatic heterocycles. The highest BCUT2D eigenvalue weighted by Crippen LogP contribution is 2.35. The predicted molar refractivity (Wildman–Crippen MR) is 64.1 cm³/mol. The van der Waals surface area contributed by atoms with E-state index in [-0.39, 0.29) is 5.69 Å². The Kier molecular flexibility index (Phi) is 3.29. The molecule has 0 aliphatic rings. The number of carbonyl (C=O) groups excluding carboxylic acids is 1. The topological polar surface area (TPSA) is 80.7 Å². The van der Waals surface area contributed by atoms with Crippen molar-refractivity contribution in [2.24, 2.45) is 0 Å². The van der Waals surface area contributed by atoms with Crippen LogP contribution in [-0.4, -0.2) is 30.3 Å². The standard InChI is InChI=1S/C12H12N2O4/c1-17-9-4-3-7-8(11(9)18-2)5-6-13-10(7)12(15)14-16/h3-6,16H,1-2H3,(H,14,15). The number of carbonyl (C=O) groups is 1. The van der Waals surface area contributed by atoms with E-state index >= 15 is 0 Å². The van der Waals surface area contributed by atoms with Gasteiger partial charge in [-0.15, -0.1) is 0 Å². The molecule has 6 nitrogen and oxygen atoms in total. The van der Waals surface area contributed by atoms with Gasteiger partial charge in [0, 0.05) is 17.0 Å². The Labute approximate surface area is 103 Å². The van der Waals surface area contributed by atoms with Crippen molar-refractivity contribution in [1.29, 1.82) is 0 Å². The van der Waals surface area contributed by atoms with Gasteiger partial charge in [-0.3, -0.25) is 15.0 Å². The number of nitrogens with zero attached hydrogens (tertiary/aromatic N) is 1. The molecule has 0 aliphatic carbocycles. The van der Waals surface area contributed by atoms with Crippen molar-refractivity contribution in [2.45, 2.75) is 0 Å². The second kappa shape index (κ2) is 4.89. The number of benzene rings is 1. The summed E-state index contributed by atoms with van der Waals surface area (Å²) in [5.41, 5.74) is 1.69. The molecule has 0 fully saturated rings. The first kappa shape index (κ1) is 12.1. The average Bonchev–Trinajstić information content (AvgIpc) is 2.44. The fourth-order valence-corrected chi connectivity index (χ4v) is 1.81. The lowest BCUT2D eigenvalue weighted by Crippen LogP contribution is -2.20. The van der Waals surface area contributed by atoms with E-state index in [2.05, 4.69) is 4.98 Å². The molecule has 18 heavy (non-hydrogen) atoms. The van der Waals surface area contributed by atoms with Crippen LogP contribution in [0.3, 0.4) is 0 Å². The monoisotopic (exact) mass is 248 g/mol. The van der Waals surface area contributed by atoms with E-state index in [0.717, 1.165) is 0 Å². The third kappa shape index (κ3) is 1.82. The van der Waals surface area contributed by atoms with E-state index in [1.807, 2.05) is 0 Å². The molecule has 2 N–H and O–H groups in total. The Morgan fingerprint density at radius 2 is 2.00 bits per heavy atom. The molecule has 0 bridgehead atoms. The maximum absolute atomic E-state index is 11.5. The summed E-state index contributed by atoms with van der Waals surface area (Å²) >= 11 is 0. The normalized spacial score (nSPS) is 10.2. The summed E-state index contributed by atoms with van der Waals surface area (Å²) in [6, 6.07) is 5.08. The lowest BCUT2D eigenvalue weighted by atomic mass is 10.1. The molecule has 1 amide bonds. The number of rotatable bonds is 3. The molecule has 0 radical (unpaired) electrons. The minimum absolute atomic E-state index is 0.121. The second-order valence-electron chi connectivity index (χ2n) is 3.50. The number of aromatic nitrogens is 1. The van der Waals surface area contributed by atoms with Crippen molar-refractivity contribution in [2.75, 3.05) is 14.2 Å². The van der Waals surface area contributed by atoms with Crippen LogP contribution in [0.25, 0.3) is 10.8 Å². The molecule has 1 aromatic heterocycles. The number of amides is 1. The SMILES string of the molecule is COc1ccc2c(C(=O)NO)nccc2c1OC. The minimum Gasteiger partial charge on any atom is -0.493 e. The van der Waals surface area contributed by atoms with Gasteiger partial charge >= 0.3 is 0 Å². The highest BCUT2D eigenvalue weighted by Gasteiger charge is 2.15. The molecular weight excluding hydrogens is 236 g/mol. The van der Waals surface area contributed by atoms with Crippen LogP contribution in [0.2, 0.25) is 0 Å². The lowest BCUT2D eigenvalue weighted by molar-refractivity contribution is 0.0703. The summed E-state index contributed by atoms with van der Waals surface area (Å²) in [5, 5.41) is 9.94. The van der Waals surface area contributed by atoms with Crippen LogP contribution < -0.4 is 15.0 Å². The highest BCUT2D eigenvalue weighted by molar-refractivity contribution is 6.06. The van der Waals surface area contributed by atoms with Gasteiger partial charge in [-0.1, -0.05) is 0 Å². The molecule has 0 saturated carbocycles. The van der Waals surface area contributed by atoms with Gasteiger partial charge in [0.25, 0.3) is 5.91 Å². The van der Waals surface area contributed by atoms with E-state index in [9.17, 15) is 4.79 Å². The summed E-state index contributed by atoms with van der Waals surface area (Å²) < 4.78 is 10.4. The van der Waals surface area contributed by atoms with Gasteiger partial charge in [-0.25, -0.2) is 5.48 Å². The van der Waals surface area contributed by atoms with Crippen LogP contribution in [0.15, 0.2) is 24.4 Å². The van der Waals surface area contributed by atoms with E-state index in [0.29, 0.717) is 22.3 Å². The lowest BCUT2D eigenvalue weighted by Gasteiger charge is -2.11. The molecule has 2 aromatic rings. The fourth-order valence-electron chi connectivity index (χ4n) is 1.81. The zero-order chi connectivity index (χ0) is 13.1. The van der Waals surface area contributed by atoms with Crippen LogP contribution in [0.4, 0.5) is 0 Å². The van der Waals surface area contributed by atoms with Crippen LogP contribution in [-0.2, 0) is 0 Å². The number of hydrogen-bond acceptors (Lipinski definition) is 5. The number of hydrogen-bond donors (Lipinski definition) is 2. The van der Waals surface area contributed by atoms with E-state index in [1.165, 1.54) is 20.4 Å². The first-order valence-electron chi connectivity index (χ1n) is 5.17. The molecule has 0 atom stereocenters. The quantitative estimate of drug-likeness (QED) is 0.633. The van der Waals surface area contributed by atoms with Crippen molar-refractivity contribution in [3.8, 4) is 11.5 Å². The molecule has 6 heteroatoms. The van der Waals surface area contributed by atoms with E-state index in [4.69, 9.17) is 14.7 Å². The largest absolute Gasteiger partial charge is 0.493 e. The van der Waals surface area contributed by atoms with Crippen LogP contribution in [0.5, 0.6) is 11.5 Å². The molecule has 1 heterocycles. The molecule has 1 aromatic carbocycles. The maximum Gasteiger partial charge on any atom is 0.293 e. The first-order chi connectivity index (χ1) is 8.72. The average molecular weight is 248 g/mol. The third-order valence-corrected chi connectivity index (χ3v) is 2.60. The molecule has 2 rings (SSSR count). The Balaban J connectivity index is 2.76. The van der Waals surface area contributed by atoms with Gasteiger partial charge < -0.3 is 9.47 Å². The van der Waals surface area contributed by atoms with Crippen molar-refractivity contribution in [3.63, 3.8) is 0 Å². The van der Waals surface area contributed by atoms with Crippen molar-refractivity contribution in [3.05, 3.63) is 30.1 Å². The molecule has 0 spiro atoms. The fraction of sp³-hybridized carbons (Fsp3) is 0.167. The van der Waals surface area contributed by atoms with Gasteiger partial charge in [-0.05, 0) is 18.2 Å². The Bertz CT molecular complexity index is 598. The summed E-state index contributed by atoms with van der Waals surface area (Å²) in [4.78, 5) is 15.4. The summed E-state index contributed by atoms with van der Waals surface area (Å²) in [6.45, 7) is 0. The molecular formula is C12H12N2O4. The highest BCUT2D eigenvalue weighted by atomic mass is 16.5. The summed E-state index contributed by atoms with van der Waals surface area (Å²) in [6.07, 6.45) is 1.47. The van der Waals surface area contributed by atoms with Crippen LogP contribution in [0, 0.1) is 0 Å². The minimum atomic E-state index is -0.673. The molecule has 0 unspecified atom stereocenters. The molecule has 0 saturated heterocycles. The van der Waals surface area contributed by atoms with Gasteiger partial charge in [0.05, 0.1) is 14.2 Å². The van der Waals surface area contributed by atoms with Gasteiger partial charge in [0.2, 0.25) is 0 Å². The first-order valence-corrected chi connectivity index (χ1v) is 5.17.